The average Bonchev–Trinajstić information content (AvgIpc) is 3.37. The Bertz CT molecular complexity index is 530. The van der Waals surface area contributed by atoms with Crippen LogP contribution in [0.1, 0.15) is 13.3 Å². The molecule has 134 valence electrons. The van der Waals surface area contributed by atoms with Crippen molar-refractivity contribution in [3.8, 4) is 5.75 Å². The summed E-state index contributed by atoms with van der Waals surface area (Å²) in [5.74, 6) is 0.363. The molecule has 24 heavy (non-hydrogen) atoms. The van der Waals surface area contributed by atoms with Crippen molar-refractivity contribution < 1.29 is 34.2 Å². The van der Waals surface area contributed by atoms with Gasteiger partial charge in [-0.05, 0) is 31.4 Å². The van der Waals surface area contributed by atoms with Gasteiger partial charge in [-0.15, -0.1) is 0 Å². The fourth-order valence-electron chi connectivity index (χ4n) is 2.99. The summed E-state index contributed by atoms with van der Waals surface area (Å²) in [5, 5.41) is 30.5. The van der Waals surface area contributed by atoms with E-state index in [4.69, 9.17) is 14.0 Å². The van der Waals surface area contributed by atoms with Gasteiger partial charge < -0.3 is 34.2 Å². The molecule has 6 unspecified atom stereocenters. The van der Waals surface area contributed by atoms with Crippen LogP contribution in [0.2, 0.25) is 0 Å². The summed E-state index contributed by atoms with van der Waals surface area (Å²) < 4.78 is 16.6. The van der Waals surface area contributed by atoms with Crippen LogP contribution in [-0.2, 0) is 9.26 Å². The third kappa shape index (κ3) is 3.73. The standard InChI is InChI=1S/C16H23O7P/c1-2-21-24(20)11-8-10(11)15-13(18)12(17)14(19)16(23-15)22-9-6-4-3-5-7-9/h3-7,10-20H,2,8H2,1H3/t10?,11?,12?,13-,14?,15?,16-,24?/m0/s1. The van der Waals surface area contributed by atoms with Crippen LogP contribution in [0.4, 0.5) is 0 Å². The van der Waals surface area contributed by atoms with Crippen molar-refractivity contribution in [2.75, 3.05) is 6.61 Å². The molecular formula is C16H23O7P. The third-order valence-electron chi connectivity index (χ3n) is 4.37. The Labute approximate surface area is 141 Å². The van der Waals surface area contributed by atoms with Gasteiger partial charge in [0, 0.05) is 5.66 Å². The molecule has 2 fully saturated rings. The summed E-state index contributed by atoms with van der Waals surface area (Å²) >= 11 is 0. The first-order valence-electron chi connectivity index (χ1n) is 8.05. The monoisotopic (exact) mass is 358 g/mol. The first kappa shape index (κ1) is 18.0. The average molecular weight is 358 g/mol. The Morgan fingerprint density at radius 3 is 2.50 bits per heavy atom. The van der Waals surface area contributed by atoms with Crippen molar-refractivity contribution >= 4 is 8.38 Å². The molecule has 8 atom stereocenters. The van der Waals surface area contributed by atoms with E-state index in [0.717, 1.165) is 0 Å². The topological polar surface area (TPSA) is 109 Å². The molecule has 1 saturated heterocycles. The molecule has 1 heterocycles. The van der Waals surface area contributed by atoms with Crippen molar-refractivity contribution in [3.63, 3.8) is 0 Å². The first-order valence-corrected chi connectivity index (χ1v) is 9.33. The van der Waals surface area contributed by atoms with Crippen LogP contribution in [0.15, 0.2) is 30.3 Å². The van der Waals surface area contributed by atoms with Gasteiger partial charge in [-0.3, -0.25) is 0 Å². The smallest absolute Gasteiger partial charge is 0.229 e. The van der Waals surface area contributed by atoms with E-state index in [1.54, 1.807) is 31.2 Å². The number of hydrogen-bond acceptors (Lipinski definition) is 7. The van der Waals surface area contributed by atoms with Gasteiger partial charge >= 0.3 is 0 Å². The molecule has 0 aromatic heterocycles. The minimum atomic E-state index is -1.58. The van der Waals surface area contributed by atoms with Gasteiger partial charge in [-0.25, -0.2) is 0 Å². The van der Waals surface area contributed by atoms with Crippen molar-refractivity contribution in [2.45, 2.75) is 49.7 Å². The van der Waals surface area contributed by atoms with Crippen LogP contribution in [0, 0.1) is 5.92 Å². The third-order valence-corrected chi connectivity index (χ3v) is 6.06. The summed E-state index contributed by atoms with van der Waals surface area (Å²) in [4.78, 5) is 9.96. The molecule has 7 nitrogen and oxygen atoms in total. The van der Waals surface area contributed by atoms with Gasteiger partial charge in [0.1, 0.15) is 24.1 Å². The van der Waals surface area contributed by atoms with Crippen LogP contribution in [0.25, 0.3) is 0 Å². The molecule has 1 aliphatic heterocycles. The molecule has 4 N–H and O–H groups in total. The maximum atomic E-state index is 10.2. The number of benzene rings is 1. The van der Waals surface area contributed by atoms with Gasteiger partial charge in [0.25, 0.3) is 0 Å². The Balaban J connectivity index is 1.67. The molecule has 1 saturated carbocycles. The molecule has 2 aliphatic rings. The Kier molecular flexibility index (Phi) is 5.72. The number of ether oxygens (including phenoxy) is 2. The van der Waals surface area contributed by atoms with Crippen LogP contribution in [-0.4, -0.2) is 63.2 Å². The molecule has 1 aromatic rings. The second-order valence-electron chi connectivity index (χ2n) is 6.06. The van der Waals surface area contributed by atoms with Gasteiger partial charge in [0.2, 0.25) is 6.29 Å². The van der Waals surface area contributed by atoms with E-state index in [1.165, 1.54) is 0 Å². The molecule has 1 aromatic carbocycles. The van der Waals surface area contributed by atoms with Crippen LogP contribution >= 0.6 is 8.38 Å². The van der Waals surface area contributed by atoms with E-state index in [0.29, 0.717) is 18.8 Å². The maximum absolute atomic E-state index is 10.2. The molecule has 0 amide bonds. The number of rotatable bonds is 6. The summed E-state index contributed by atoms with van der Waals surface area (Å²) in [6.45, 7) is 2.22. The quantitative estimate of drug-likeness (QED) is 0.552. The molecule has 3 rings (SSSR count). The highest BCUT2D eigenvalue weighted by Crippen LogP contribution is 2.58. The highest BCUT2D eigenvalue weighted by atomic mass is 31.2. The number of hydrogen-bond donors (Lipinski definition) is 4. The predicted octanol–water partition coefficient (Wildman–Crippen LogP) is 0.602. The lowest BCUT2D eigenvalue weighted by atomic mass is 9.96. The van der Waals surface area contributed by atoms with E-state index in [9.17, 15) is 20.2 Å². The normalized spacial score (nSPS) is 40.1. The number of aliphatic hydroxyl groups excluding tert-OH is 3. The van der Waals surface area contributed by atoms with Crippen LogP contribution < -0.4 is 4.74 Å². The van der Waals surface area contributed by atoms with Crippen LogP contribution in [0.3, 0.4) is 0 Å². The molecule has 1 aliphatic carbocycles. The summed E-state index contributed by atoms with van der Waals surface area (Å²) in [7, 11) is -1.58. The van der Waals surface area contributed by atoms with Gasteiger partial charge in [0.05, 0.1) is 12.7 Å². The Morgan fingerprint density at radius 2 is 1.83 bits per heavy atom. The zero-order valence-corrected chi connectivity index (χ0v) is 14.2. The fourth-order valence-corrected chi connectivity index (χ4v) is 4.37. The van der Waals surface area contributed by atoms with Crippen molar-refractivity contribution in [3.05, 3.63) is 30.3 Å². The minimum Gasteiger partial charge on any atom is -0.462 e. The highest BCUT2D eigenvalue weighted by Gasteiger charge is 2.57. The van der Waals surface area contributed by atoms with E-state index in [1.807, 2.05) is 6.07 Å². The fraction of sp³-hybridized carbons (Fsp3) is 0.625. The van der Waals surface area contributed by atoms with Gasteiger partial charge in [-0.2, -0.15) is 0 Å². The lowest BCUT2D eigenvalue weighted by Gasteiger charge is -2.40. The largest absolute Gasteiger partial charge is 0.462 e. The Morgan fingerprint density at radius 1 is 1.12 bits per heavy atom. The minimum absolute atomic E-state index is 0.0978. The number of para-hydroxylation sites is 1. The van der Waals surface area contributed by atoms with Crippen molar-refractivity contribution in [2.24, 2.45) is 5.92 Å². The van der Waals surface area contributed by atoms with E-state index >= 15 is 0 Å². The molecular weight excluding hydrogens is 335 g/mol. The van der Waals surface area contributed by atoms with Gasteiger partial charge in [0.15, 0.2) is 8.38 Å². The predicted molar refractivity (Wildman–Crippen MR) is 86.4 cm³/mol. The van der Waals surface area contributed by atoms with E-state index in [2.05, 4.69) is 0 Å². The van der Waals surface area contributed by atoms with Crippen molar-refractivity contribution in [1.29, 1.82) is 0 Å². The van der Waals surface area contributed by atoms with Gasteiger partial charge in [-0.1, -0.05) is 18.2 Å². The molecule has 0 radical (unpaired) electrons. The second kappa shape index (κ2) is 7.62. The lowest BCUT2D eigenvalue weighted by Crippen LogP contribution is -2.59. The first-order chi connectivity index (χ1) is 11.5. The van der Waals surface area contributed by atoms with Crippen LogP contribution in [0.5, 0.6) is 5.75 Å². The number of aliphatic hydroxyl groups is 3. The van der Waals surface area contributed by atoms with Crippen molar-refractivity contribution in [1.82, 2.24) is 0 Å². The van der Waals surface area contributed by atoms with E-state index in [-0.39, 0.29) is 11.6 Å². The molecule has 8 heteroatoms. The molecule has 0 spiro atoms. The zero-order chi connectivity index (χ0) is 17.3. The zero-order valence-electron chi connectivity index (χ0n) is 13.3. The summed E-state index contributed by atoms with van der Waals surface area (Å²) in [5.41, 5.74) is -0.0978. The Hall–Kier alpha value is -0.790. The highest BCUT2D eigenvalue weighted by molar-refractivity contribution is 7.47. The SMILES string of the molecule is CCOP(O)C1CC1C1O[C@H](Oc2ccccc2)C(O)C(O)[C@@H]1O. The van der Waals surface area contributed by atoms with E-state index < -0.39 is 39.1 Å². The summed E-state index contributed by atoms with van der Waals surface area (Å²) in [6, 6.07) is 8.82. The lowest BCUT2D eigenvalue weighted by molar-refractivity contribution is -0.276. The second-order valence-corrected chi connectivity index (χ2v) is 7.59. The maximum Gasteiger partial charge on any atom is 0.229 e. The summed E-state index contributed by atoms with van der Waals surface area (Å²) in [6.07, 6.45) is -5.15. The molecule has 0 bridgehead atoms.